The number of aryl methyl sites for hydroxylation is 1. The highest BCUT2D eigenvalue weighted by molar-refractivity contribution is 6.01. The number of ether oxygens (including phenoxy) is 1. The van der Waals surface area contributed by atoms with Gasteiger partial charge in [-0.05, 0) is 31.2 Å². The molecule has 3 amide bonds. The number of rotatable bonds is 6. The lowest BCUT2D eigenvalue weighted by Gasteiger charge is -2.21. The molecule has 1 saturated heterocycles. The van der Waals surface area contributed by atoms with Gasteiger partial charge in [0.2, 0.25) is 17.7 Å². The van der Waals surface area contributed by atoms with Gasteiger partial charge in [-0.25, -0.2) is 0 Å². The lowest BCUT2D eigenvalue weighted by molar-refractivity contribution is -0.137. The van der Waals surface area contributed by atoms with E-state index in [9.17, 15) is 14.4 Å². The minimum absolute atomic E-state index is 0.0820. The van der Waals surface area contributed by atoms with Crippen LogP contribution in [-0.4, -0.2) is 49.9 Å². The number of methoxy groups -OCH3 is 1. The van der Waals surface area contributed by atoms with Crippen LogP contribution in [0.1, 0.15) is 12.0 Å². The second kappa shape index (κ2) is 8.77. The maximum absolute atomic E-state index is 12.8. The third-order valence-corrected chi connectivity index (χ3v) is 4.93. The molecule has 152 valence electrons. The fraction of sp³-hybridized carbons (Fsp3) is 0.318. The van der Waals surface area contributed by atoms with Gasteiger partial charge in [0, 0.05) is 37.5 Å². The first kappa shape index (κ1) is 20.4. The molecule has 1 aliphatic rings. The Hall–Kier alpha value is -3.35. The fourth-order valence-electron chi connectivity index (χ4n) is 3.35. The van der Waals surface area contributed by atoms with E-state index in [2.05, 4.69) is 5.32 Å². The Morgan fingerprint density at radius 2 is 1.93 bits per heavy atom. The molecular formula is C22H25N3O4. The average Bonchev–Trinajstić information content (AvgIpc) is 3.09. The number of carbonyl (C=O) groups excluding carboxylic acids is 3. The second-order valence-corrected chi connectivity index (χ2v) is 7.22. The first-order chi connectivity index (χ1) is 13.9. The molecule has 0 spiro atoms. The highest BCUT2D eigenvalue weighted by Crippen LogP contribution is 2.26. The van der Waals surface area contributed by atoms with Crippen LogP contribution in [0.15, 0.2) is 48.5 Å². The summed E-state index contributed by atoms with van der Waals surface area (Å²) in [5, 5.41) is 2.75. The van der Waals surface area contributed by atoms with E-state index in [1.54, 1.807) is 43.3 Å². The molecule has 0 saturated carbocycles. The SMILES string of the molecule is COc1cccc(NC(=O)CN(C)C(=O)C2CC(=O)N(c3ccc(C)cc3)C2)c1. The van der Waals surface area contributed by atoms with Crippen molar-refractivity contribution in [3.8, 4) is 5.75 Å². The largest absolute Gasteiger partial charge is 0.497 e. The lowest BCUT2D eigenvalue weighted by atomic mass is 10.1. The summed E-state index contributed by atoms with van der Waals surface area (Å²) in [6.45, 7) is 2.21. The monoisotopic (exact) mass is 395 g/mol. The maximum atomic E-state index is 12.8. The minimum atomic E-state index is -0.460. The normalized spacial score (nSPS) is 15.9. The summed E-state index contributed by atoms with van der Waals surface area (Å²) < 4.78 is 5.13. The maximum Gasteiger partial charge on any atom is 0.243 e. The van der Waals surface area contributed by atoms with Crippen LogP contribution in [0.4, 0.5) is 11.4 Å². The summed E-state index contributed by atoms with van der Waals surface area (Å²) in [4.78, 5) is 40.4. The zero-order valence-corrected chi connectivity index (χ0v) is 16.8. The van der Waals surface area contributed by atoms with E-state index >= 15 is 0 Å². The predicted octanol–water partition coefficient (Wildman–Crippen LogP) is 2.45. The van der Waals surface area contributed by atoms with Gasteiger partial charge in [0.15, 0.2) is 0 Å². The first-order valence-corrected chi connectivity index (χ1v) is 9.43. The Morgan fingerprint density at radius 1 is 1.21 bits per heavy atom. The number of anilines is 2. The van der Waals surface area contributed by atoms with Gasteiger partial charge in [-0.2, -0.15) is 0 Å². The molecule has 1 atom stereocenters. The Balaban J connectivity index is 1.57. The number of nitrogens with one attached hydrogen (secondary N) is 1. The van der Waals surface area contributed by atoms with E-state index in [1.165, 1.54) is 4.90 Å². The lowest BCUT2D eigenvalue weighted by Crippen LogP contribution is -2.39. The van der Waals surface area contributed by atoms with E-state index < -0.39 is 5.92 Å². The molecule has 1 unspecified atom stereocenters. The van der Waals surface area contributed by atoms with Crippen LogP contribution >= 0.6 is 0 Å². The van der Waals surface area contributed by atoms with Crippen LogP contribution in [0, 0.1) is 12.8 Å². The van der Waals surface area contributed by atoms with Crippen molar-refractivity contribution in [2.45, 2.75) is 13.3 Å². The Bertz CT molecular complexity index is 911. The van der Waals surface area contributed by atoms with Crippen molar-refractivity contribution in [3.05, 3.63) is 54.1 Å². The van der Waals surface area contributed by atoms with Gasteiger partial charge in [-0.3, -0.25) is 14.4 Å². The molecule has 0 radical (unpaired) electrons. The summed E-state index contributed by atoms with van der Waals surface area (Å²) in [6, 6.07) is 14.6. The first-order valence-electron chi connectivity index (χ1n) is 9.43. The summed E-state index contributed by atoms with van der Waals surface area (Å²) in [7, 11) is 3.13. The number of benzene rings is 2. The van der Waals surface area contributed by atoms with Gasteiger partial charge in [-0.1, -0.05) is 23.8 Å². The van der Waals surface area contributed by atoms with Gasteiger partial charge in [0.1, 0.15) is 5.75 Å². The molecule has 3 rings (SSSR count). The van der Waals surface area contributed by atoms with Crippen molar-refractivity contribution in [2.75, 3.05) is 37.5 Å². The Morgan fingerprint density at radius 3 is 2.62 bits per heavy atom. The zero-order chi connectivity index (χ0) is 21.0. The number of hydrogen-bond donors (Lipinski definition) is 1. The van der Waals surface area contributed by atoms with Crippen molar-refractivity contribution < 1.29 is 19.1 Å². The van der Waals surface area contributed by atoms with Crippen LogP contribution in [-0.2, 0) is 14.4 Å². The van der Waals surface area contributed by atoms with Gasteiger partial charge in [0.05, 0.1) is 19.6 Å². The topological polar surface area (TPSA) is 79.0 Å². The van der Waals surface area contributed by atoms with Crippen molar-refractivity contribution in [3.63, 3.8) is 0 Å². The molecule has 29 heavy (non-hydrogen) atoms. The Labute approximate surface area is 170 Å². The van der Waals surface area contributed by atoms with Crippen molar-refractivity contribution in [2.24, 2.45) is 5.92 Å². The van der Waals surface area contributed by atoms with Crippen LogP contribution in [0.2, 0.25) is 0 Å². The highest BCUT2D eigenvalue weighted by Gasteiger charge is 2.36. The number of carbonyl (C=O) groups is 3. The van der Waals surface area contributed by atoms with Crippen LogP contribution < -0.4 is 15.0 Å². The van der Waals surface area contributed by atoms with E-state index in [4.69, 9.17) is 4.74 Å². The molecule has 0 aromatic heterocycles. The van der Waals surface area contributed by atoms with Crippen LogP contribution in [0.3, 0.4) is 0 Å². The molecule has 1 N–H and O–H groups in total. The number of amides is 3. The zero-order valence-electron chi connectivity index (χ0n) is 16.8. The third-order valence-electron chi connectivity index (χ3n) is 4.93. The summed E-state index contributed by atoms with van der Waals surface area (Å²) >= 11 is 0. The summed E-state index contributed by atoms with van der Waals surface area (Å²) in [5.41, 5.74) is 2.49. The molecule has 1 heterocycles. The quantitative estimate of drug-likeness (QED) is 0.815. The smallest absolute Gasteiger partial charge is 0.243 e. The van der Waals surface area contributed by atoms with Gasteiger partial charge in [0.25, 0.3) is 0 Å². The molecule has 7 nitrogen and oxygen atoms in total. The molecule has 1 fully saturated rings. The van der Waals surface area contributed by atoms with Gasteiger partial charge in [-0.15, -0.1) is 0 Å². The molecule has 2 aromatic carbocycles. The average molecular weight is 395 g/mol. The second-order valence-electron chi connectivity index (χ2n) is 7.22. The van der Waals surface area contributed by atoms with E-state index in [0.29, 0.717) is 18.0 Å². The summed E-state index contributed by atoms with van der Waals surface area (Å²) in [6.07, 6.45) is 0.147. The van der Waals surface area contributed by atoms with Crippen LogP contribution in [0.5, 0.6) is 5.75 Å². The van der Waals surface area contributed by atoms with Crippen LogP contribution in [0.25, 0.3) is 0 Å². The van der Waals surface area contributed by atoms with Gasteiger partial charge < -0.3 is 19.9 Å². The molecular weight excluding hydrogens is 370 g/mol. The fourth-order valence-corrected chi connectivity index (χ4v) is 3.35. The van der Waals surface area contributed by atoms with E-state index in [-0.39, 0.29) is 30.7 Å². The summed E-state index contributed by atoms with van der Waals surface area (Å²) in [5.74, 6) is -0.435. The molecule has 0 aliphatic carbocycles. The Kier molecular flexibility index (Phi) is 6.16. The predicted molar refractivity (Wildman–Crippen MR) is 111 cm³/mol. The van der Waals surface area contributed by atoms with Crippen molar-refractivity contribution in [1.29, 1.82) is 0 Å². The van der Waals surface area contributed by atoms with Crippen molar-refractivity contribution in [1.82, 2.24) is 4.90 Å². The van der Waals surface area contributed by atoms with Crippen molar-refractivity contribution >= 4 is 29.1 Å². The number of nitrogens with zero attached hydrogens (tertiary/aromatic N) is 2. The number of hydrogen-bond acceptors (Lipinski definition) is 4. The molecule has 7 heteroatoms. The van der Waals surface area contributed by atoms with Gasteiger partial charge >= 0.3 is 0 Å². The van der Waals surface area contributed by atoms with E-state index in [1.807, 2.05) is 31.2 Å². The highest BCUT2D eigenvalue weighted by atomic mass is 16.5. The standard InChI is InChI=1S/C22H25N3O4/c1-15-7-9-18(10-8-15)25-13-16(11-21(25)27)22(28)24(2)14-20(26)23-17-5-4-6-19(12-17)29-3/h4-10,12,16H,11,13-14H2,1-3H3,(H,23,26). The minimum Gasteiger partial charge on any atom is -0.497 e. The molecule has 0 bridgehead atoms. The molecule has 2 aromatic rings. The van der Waals surface area contributed by atoms with E-state index in [0.717, 1.165) is 11.3 Å². The molecule has 1 aliphatic heterocycles. The number of likely N-dealkylation sites (N-methyl/N-ethyl adjacent to an activating group) is 1. The third kappa shape index (κ3) is 4.93.